The number of carbonyl (C=O) groups excluding carboxylic acids is 5. The van der Waals surface area contributed by atoms with E-state index in [0.29, 0.717) is 50.6 Å². The summed E-state index contributed by atoms with van der Waals surface area (Å²) in [6, 6.07) is 6.16. The Morgan fingerprint density at radius 2 is 1.80 bits per heavy atom. The molecule has 0 radical (unpaired) electrons. The molecule has 1 aromatic rings. The molecule has 0 spiro atoms. The number of rotatable bonds is 10. The summed E-state index contributed by atoms with van der Waals surface area (Å²) in [5, 5.41) is 27.0. The van der Waals surface area contributed by atoms with Crippen molar-refractivity contribution in [1.82, 2.24) is 20.9 Å². The van der Waals surface area contributed by atoms with E-state index < -0.39 is 47.5 Å². The van der Waals surface area contributed by atoms with Crippen LogP contribution >= 0.6 is 0 Å². The van der Waals surface area contributed by atoms with Gasteiger partial charge in [-0.1, -0.05) is 31.9 Å². The van der Waals surface area contributed by atoms with E-state index in [-0.39, 0.29) is 31.0 Å². The zero-order valence-corrected chi connectivity index (χ0v) is 24.1. The minimum atomic E-state index is -1.34. The first-order valence-electron chi connectivity index (χ1n) is 14.4. The van der Waals surface area contributed by atoms with Crippen molar-refractivity contribution in [3.8, 4) is 6.07 Å². The maximum Gasteiger partial charge on any atom is 0.246 e. The average Bonchev–Trinajstić information content (AvgIpc) is 3.45. The molecule has 222 valence electrons. The highest BCUT2D eigenvalue weighted by atomic mass is 16.3. The van der Waals surface area contributed by atoms with Gasteiger partial charge in [0.1, 0.15) is 29.8 Å². The van der Waals surface area contributed by atoms with Crippen LogP contribution in [-0.2, 0) is 30.4 Å². The van der Waals surface area contributed by atoms with E-state index in [0.717, 1.165) is 5.56 Å². The van der Waals surface area contributed by atoms with Gasteiger partial charge < -0.3 is 26.0 Å². The number of fused-ring (bicyclic) bond motifs is 1. The van der Waals surface area contributed by atoms with Gasteiger partial charge in [0.2, 0.25) is 23.6 Å². The monoisotopic (exact) mass is 567 g/mol. The summed E-state index contributed by atoms with van der Waals surface area (Å²) < 4.78 is 0. The SMILES string of the molecule is CC[C@]1(C)NC(=O)[C@H](CCCCCC(=O)[C@@H](C)O)NC(=O)C2CCCN2C(=O)[C@@H](Cc2ccc(C#N)cc2)NC1=O. The Balaban J connectivity index is 1.83. The molecule has 1 aromatic carbocycles. The van der Waals surface area contributed by atoms with E-state index >= 15 is 0 Å². The number of nitrogens with one attached hydrogen (secondary N) is 3. The van der Waals surface area contributed by atoms with Crippen LogP contribution in [0.3, 0.4) is 0 Å². The number of nitriles is 1. The largest absolute Gasteiger partial charge is 0.386 e. The fourth-order valence-electron chi connectivity index (χ4n) is 5.21. The zero-order valence-electron chi connectivity index (χ0n) is 24.1. The van der Waals surface area contributed by atoms with Gasteiger partial charge in [-0.3, -0.25) is 24.0 Å². The molecule has 2 heterocycles. The molecule has 0 aromatic heterocycles. The van der Waals surface area contributed by atoms with Crippen molar-refractivity contribution >= 4 is 29.4 Å². The first-order valence-corrected chi connectivity index (χ1v) is 14.4. The standard InChI is InChI=1S/C30H41N5O6/c1-4-30(3)29(41)33-23(17-20-12-14-21(18-31)15-13-20)28(40)35-16-8-10-24(35)27(39)32-22(26(38)34-30)9-6-5-7-11-25(37)19(2)36/h12-15,19,22-24,36H,4-11,16-17H2,1-3H3,(H,32,39)(H,33,41)(H,34,38)/t19-,22+,23-,24?,30+/m1/s1. The molecule has 11 heteroatoms. The van der Waals surface area contributed by atoms with Gasteiger partial charge in [0.15, 0.2) is 5.78 Å². The Kier molecular flexibility index (Phi) is 11.0. The van der Waals surface area contributed by atoms with Gasteiger partial charge in [0.25, 0.3) is 0 Å². The van der Waals surface area contributed by atoms with Gasteiger partial charge in [-0.15, -0.1) is 0 Å². The lowest BCUT2D eigenvalue weighted by Crippen LogP contribution is -2.65. The van der Waals surface area contributed by atoms with Crippen LogP contribution < -0.4 is 16.0 Å². The molecule has 4 amide bonds. The molecule has 0 saturated carbocycles. The quantitative estimate of drug-likeness (QED) is 0.309. The number of carbonyl (C=O) groups is 5. The molecular weight excluding hydrogens is 526 g/mol. The Morgan fingerprint density at radius 3 is 2.44 bits per heavy atom. The number of nitrogens with zero attached hydrogens (tertiary/aromatic N) is 2. The van der Waals surface area contributed by atoms with Gasteiger partial charge in [0, 0.05) is 19.4 Å². The predicted molar refractivity (Wildman–Crippen MR) is 150 cm³/mol. The summed E-state index contributed by atoms with van der Waals surface area (Å²) in [6.45, 7) is 5.14. The normalized spacial score (nSPS) is 26.0. The van der Waals surface area contributed by atoms with Crippen LogP contribution in [0.2, 0.25) is 0 Å². The summed E-state index contributed by atoms with van der Waals surface area (Å²) in [4.78, 5) is 67.4. The molecule has 3 rings (SSSR count). The molecule has 1 unspecified atom stereocenters. The molecule has 2 aliphatic heterocycles. The van der Waals surface area contributed by atoms with Crippen LogP contribution in [0, 0.1) is 11.3 Å². The van der Waals surface area contributed by atoms with E-state index in [4.69, 9.17) is 5.26 Å². The lowest BCUT2D eigenvalue weighted by Gasteiger charge is -2.36. The second-order valence-electron chi connectivity index (χ2n) is 11.2. The number of Topliss-reactive ketones (excluding diaryl/α,β-unsaturated/α-hetero) is 1. The number of aliphatic hydroxyl groups excluding tert-OH is 1. The molecule has 0 bridgehead atoms. The van der Waals surface area contributed by atoms with Crippen LogP contribution in [0.15, 0.2) is 24.3 Å². The maximum absolute atomic E-state index is 13.8. The van der Waals surface area contributed by atoms with Crippen LogP contribution in [0.4, 0.5) is 0 Å². The van der Waals surface area contributed by atoms with Crippen molar-refractivity contribution in [3.63, 3.8) is 0 Å². The Morgan fingerprint density at radius 1 is 1.10 bits per heavy atom. The Labute approximate surface area is 241 Å². The summed E-state index contributed by atoms with van der Waals surface area (Å²) in [5.74, 6) is -2.01. The van der Waals surface area contributed by atoms with Crippen LogP contribution in [0.5, 0.6) is 0 Å². The number of amides is 4. The van der Waals surface area contributed by atoms with Gasteiger partial charge in [-0.05, 0) is 63.6 Å². The first kappa shape index (κ1) is 31.7. The molecular formula is C30H41N5O6. The van der Waals surface area contributed by atoms with E-state index in [9.17, 15) is 29.1 Å². The highest BCUT2D eigenvalue weighted by Crippen LogP contribution is 2.22. The average molecular weight is 568 g/mol. The Bertz CT molecular complexity index is 1180. The van der Waals surface area contributed by atoms with Gasteiger partial charge >= 0.3 is 0 Å². The minimum absolute atomic E-state index is 0.162. The minimum Gasteiger partial charge on any atom is -0.386 e. The molecule has 2 fully saturated rings. The van der Waals surface area contributed by atoms with Crippen molar-refractivity contribution in [2.75, 3.05) is 6.54 Å². The van der Waals surface area contributed by atoms with Crippen molar-refractivity contribution < 1.29 is 29.1 Å². The third-order valence-corrected chi connectivity index (χ3v) is 8.09. The van der Waals surface area contributed by atoms with Crippen molar-refractivity contribution in [2.45, 2.75) is 108 Å². The summed E-state index contributed by atoms with van der Waals surface area (Å²) in [6.07, 6.45) is 2.69. The molecule has 0 aliphatic carbocycles. The van der Waals surface area contributed by atoms with Crippen molar-refractivity contribution in [3.05, 3.63) is 35.4 Å². The van der Waals surface area contributed by atoms with E-state index in [1.54, 1.807) is 38.1 Å². The van der Waals surface area contributed by atoms with E-state index in [1.165, 1.54) is 11.8 Å². The first-order chi connectivity index (χ1) is 19.5. The number of aliphatic hydroxyl groups is 1. The van der Waals surface area contributed by atoms with Gasteiger partial charge in [-0.2, -0.15) is 5.26 Å². The maximum atomic E-state index is 13.8. The predicted octanol–water partition coefficient (Wildman–Crippen LogP) is 1.26. The third kappa shape index (κ3) is 8.13. The summed E-state index contributed by atoms with van der Waals surface area (Å²) in [7, 11) is 0. The number of benzene rings is 1. The van der Waals surface area contributed by atoms with Crippen LogP contribution in [0.25, 0.3) is 0 Å². The fourth-order valence-corrected chi connectivity index (χ4v) is 5.21. The van der Waals surface area contributed by atoms with Gasteiger partial charge in [0.05, 0.1) is 11.6 Å². The summed E-state index contributed by atoms with van der Waals surface area (Å²) in [5.41, 5.74) is -0.119. The number of hydrogen-bond acceptors (Lipinski definition) is 7. The lowest BCUT2D eigenvalue weighted by atomic mass is 9.94. The van der Waals surface area contributed by atoms with Crippen LogP contribution in [0.1, 0.15) is 83.3 Å². The fraction of sp³-hybridized carbons (Fsp3) is 0.600. The second-order valence-corrected chi connectivity index (χ2v) is 11.2. The highest BCUT2D eigenvalue weighted by molar-refractivity contribution is 5.99. The smallest absolute Gasteiger partial charge is 0.246 e. The molecule has 11 nitrogen and oxygen atoms in total. The zero-order chi connectivity index (χ0) is 30.2. The number of unbranched alkanes of at least 4 members (excludes halogenated alkanes) is 2. The topological polar surface area (TPSA) is 169 Å². The molecule has 5 atom stereocenters. The summed E-state index contributed by atoms with van der Waals surface area (Å²) >= 11 is 0. The van der Waals surface area contributed by atoms with Crippen molar-refractivity contribution in [2.24, 2.45) is 0 Å². The molecule has 2 aliphatic rings. The molecule has 41 heavy (non-hydrogen) atoms. The highest BCUT2D eigenvalue weighted by Gasteiger charge is 2.43. The lowest BCUT2D eigenvalue weighted by molar-refractivity contribution is -0.144. The molecule has 2 saturated heterocycles. The number of hydrogen-bond donors (Lipinski definition) is 4. The van der Waals surface area contributed by atoms with E-state index in [2.05, 4.69) is 22.0 Å². The van der Waals surface area contributed by atoms with Crippen LogP contribution in [-0.4, -0.2) is 75.7 Å². The second kappa shape index (κ2) is 14.2. The van der Waals surface area contributed by atoms with Gasteiger partial charge in [-0.25, -0.2) is 0 Å². The van der Waals surface area contributed by atoms with Crippen molar-refractivity contribution in [1.29, 1.82) is 5.26 Å². The Hall–Kier alpha value is -3.78. The van der Waals surface area contributed by atoms with E-state index in [1.807, 2.05) is 0 Å². The molecule has 4 N–H and O–H groups in total. The number of ketones is 1. The third-order valence-electron chi connectivity index (χ3n) is 8.09.